The molecular formula is C14H24FN3S. The molecule has 0 spiro atoms. The Kier molecular flexibility index (Phi) is 6.07. The first-order chi connectivity index (χ1) is 8.85. The van der Waals surface area contributed by atoms with Crippen LogP contribution in [0.15, 0.2) is 12.3 Å². The lowest BCUT2D eigenvalue weighted by Crippen LogP contribution is -2.35. The van der Waals surface area contributed by atoms with Gasteiger partial charge < -0.3 is 10.2 Å². The Morgan fingerprint density at radius 3 is 2.68 bits per heavy atom. The molecule has 1 aromatic heterocycles. The van der Waals surface area contributed by atoms with Crippen LogP contribution in [0.1, 0.15) is 26.3 Å². The van der Waals surface area contributed by atoms with Crippen molar-refractivity contribution in [1.82, 2.24) is 10.3 Å². The second-order valence-corrected chi connectivity index (χ2v) is 6.61. The molecule has 1 heterocycles. The van der Waals surface area contributed by atoms with Crippen molar-refractivity contribution in [3.8, 4) is 0 Å². The Labute approximate surface area is 120 Å². The molecule has 1 rings (SSSR count). The fourth-order valence-electron chi connectivity index (χ4n) is 1.57. The lowest BCUT2D eigenvalue weighted by Gasteiger charge is -2.22. The number of nitrogens with one attached hydrogen (secondary N) is 1. The van der Waals surface area contributed by atoms with Gasteiger partial charge in [0.15, 0.2) is 11.6 Å². The van der Waals surface area contributed by atoms with Gasteiger partial charge in [0.1, 0.15) is 0 Å². The SMILES string of the molecule is CSCCN(C)c1nccc(CNC(C)(C)C)c1F. The molecule has 0 aliphatic carbocycles. The summed E-state index contributed by atoms with van der Waals surface area (Å²) in [5.74, 6) is 1.17. The van der Waals surface area contributed by atoms with Crippen LogP contribution in [-0.2, 0) is 6.54 Å². The predicted octanol–water partition coefficient (Wildman–Crippen LogP) is 2.91. The lowest BCUT2D eigenvalue weighted by molar-refractivity contribution is 0.418. The number of nitrogens with zero attached hydrogens (tertiary/aromatic N) is 2. The van der Waals surface area contributed by atoms with E-state index in [1.165, 1.54) is 0 Å². The number of hydrogen-bond acceptors (Lipinski definition) is 4. The van der Waals surface area contributed by atoms with Gasteiger partial charge >= 0.3 is 0 Å². The molecule has 0 saturated carbocycles. The largest absolute Gasteiger partial charge is 0.356 e. The highest BCUT2D eigenvalue weighted by molar-refractivity contribution is 7.98. The monoisotopic (exact) mass is 285 g/mol. The highest BCUT2D eigenvalue weighted by Gasteiger charge is 2.15. The summed E-state index contributed by atoms with van der Waals surface area (Å²) in [5.41, 5.74) is 0.636. The topological polar surface area (TPSA) is 28.2 Å². The molecule has 0 saturated heterocycles. The molecule has 5 heteroatoms. The van der Waals surface area contributed by atoms with Crippen molar-refractivity contribution in [2.45, 2.75) is 32.9 Å². The maximum atomic E-state index is 14.4. The van der Waals surface area contributed by atoms with E-state index in [1.807, 2.05) is 18.2 Å². The lowest BCUT2D eigenvalue weighted by atomic mass is 10.1. The van der Waals surface area contributed by atoms with Gasteiger partial charge in [0.05, 0.1) is 0 Å². The van der Waals surface area contributed by atoms with E-state index in [-0.39, 0.29) is 11.4 Å². The number of anilines is 1. The van der Waals surface area contributed by atoms with E-state index in [2.05, 4.69) is 31.1 Å². The van der Waals surface area contributed by atoms with Gasteiger partial charge in [-0.25, -0.2) is 9.37 Å². The molecule has 0 aliphatic heterocycles. The summed E-state index contributed by atoms with van der Waals surface area (Å²) < 4.78 is 14.4. The van der Waals surface area contributed by atoms with Crippen LogP contribution in [0.5, 0.6) is 0 Å². The van der Waals surface area contributed by atoms with E-state index in [0.29, 0.717) is 17.9 Å². The van der Waals surface area contributed by atoms with Gasteiger partial charge in [0.2, 0.25) is 0 Å². The number of hydrogen-bond donors (Lipinski definition) is 1. The molecule has 3 nitrogen and oxygen atoms in total. The predicted molar refractivity (Wildman–Crippen MR) is 82.4 cm³/mol. The molecule has 1 N–H and O–H groups in total. The highest BCUT2D eigenvalue weighted by Crippen LogP contribution is 2.19. The molecule has 19 heavy (non-hydrogen) atoms. The van der Waals surface area contributed by atoms with Crippen molar-refractivity contribution in [2.75, 3.05) is 30.5 Å². The molecule has 0 amide bonds. The maximum Gasteiger partial charge on any atom is 0.170 e. The molecule has 0 fully saturated rings. The van der Waals surface area contributed by atoms with Crippen LogP contribution in [0.2, 0.25) is 0 Å². The maximum absolute atomic E-state index is 14.4. The number of pyridine rings is 1. The van der Waals surface area contributed by atoms with E-state index >= 15 is 0 Å². The fourth-order valence-corrected chi connectivity index (χ4v) is 2.02. The highest BCUT2D eigenvalue weighted by atomic mass is 32.2. The second-order valence-electron chi connectivity index (χ2n) is 5.63. The van der Waals surface area contributed by atoms with Crippen molar-refractivity contribution >= 4 is 17.6 Å². The average Bonchev–Trinajstić information content (AvgIpc) is 2.33. The first-order valence-corrected chi connectivity index (χ1v) is 7.83. The van der Waals surface area contributed by atoms with Crippen LogP contribution in [0.25, 0.3) is 0 Å². The summed E-state index contributed by atoms with van der Waals surface area (Å²) in [5, 5.41) is 3.30. The zero-order valence-corrected chi connectivity index (χ0v) is 13.3. The first-order valence-electron chi connectivity index (χ1n) is 6.43. The van der Waals surface area contributed by atoms with Crippen molar-refractivity contribution in [3.05, 3.63) is 23.6 Å². The summed E-state index contributed by atoms with van der Waals surface area (Å²) in [4.78, 5) is 6.02. The van der Waals surface area contributed by atoms with Gasteiger partial charge in [0, 0.05) is 43.2 Å². The van der Waals surface area contributed by atoms with Crippen LogP contribution in [0, 0.1) is 5.82 Å². The third kappa shape index (κ3) is 5.37. The summed E-state index contributed by atoms with van der Waals surface area (Å²) in [6, 6.07) is 1.74. The van der Waals surface area contributed by atoms with Crippen LogP contribution < -0.4 is 10.2 Å². The number of aromatic nitrogens is 1. The Bertz CT molecular complexity index is 404. The van der Waals surface area contributed by atoms with Gasteiger partial charge in [0.25, 0.3) is 0 Å². The van der Waals surface area contributed by atoms with Crippen molar-refractivity contribution in [3.63, 3.8) is 0 Å². The second kappa shape index (κ2) is 7.10. The average molecular weight is 285 g/mol. The molecule has 108 valence electrons. The smallest absolute Gasteiger partial charge is 0.170 e. The van der Waals surface area contributed by atoms with E-state index in [4.69, 9.17) is 0 Å². The van der Waals surface area contributed by atoms with Crippen LogP contribution >= 0.6 is 11.8 Å². The van der Waals surface area contributed by atoms with Crippen molar-refractivity contribution in [1.29, 1.82) is 0 Å². The zero-order chi connectivity index (χ0) is 14.5. The molecular weight excluding hydrogens is 261 g/mol. The minimum atomic E-state index is -0.220. The van der Waals surface area contributed by atoms with Gasteiger partial charge in [-0.2, -0.15) is 11.8 Å². The van der Waals surface area contributed by atoms with Crippen LogP contribution in [-0.4, -0.2) is 36.1 Å². The van der Waals surface area contributed by atoms with Gasteiger partial charge in [-0.15, -0.1) is 0 Å². The number of halogens is 1. The standard InChI is InChI=1S/C14H24FN3S/c1-14(2,3)17-10-11-6-7-16-13(12(11)15)18(4)8-9-19-5/h6-7,17H,8-10H2,1-5H3. The summed E-state index contributed by atoms with van der Waals surface area (Å²) in [7, 11) is 1.88. The summed E-state index contributed by atoms with van der Waals surface area (Å²) in [6.07, 6.45) is 3.72. The van der Waals surface area contributed by atoms with E-state index in [0.717, 1.165) is 12.3 Å². The molecule has 0 bridgehead atoms. The summed E-state index contributed by atoms with van der Waals surface area (Å²) in [6.45, 7) is 7.51. The van der Waals surface area contributed by atoms with Crippen LogP contribution in [0.4, 0.5) is 10.2 Å². The van der Waals surface area contributed by atoms with Gasteiger partial charge in [-0.05, 0) is 33.1 Å². The van der Waals surface area contributed by atoms with Crippen LogP contribution in [0.3, 0.4) is 0 Å². The third-order valence-electron chi connectivity index (χ3n) is 2.75. The zero-order valence-electron chi connectivity index (χ0n) is 12.5. The third-order valence-corrected chi connectivity index (χ3v) is 3.34. The van der Waals surface area contributed by atoms with E-state index in [9.17, 15) is 4.39 Å². The van der Waals surface area contributed by atoms with Gasteiger partial charge in [-0.1, -0.05) is 0 Å². The van der Waals surface area contributed by atoms with Crippen molar-refractivity contribution < 1.29 is 4.39 Å². The molecule has 1 aromatic rings. The van der Waals surface area contributed by atoms with Crippen molar-refractivity contribution in [2.24, 2.45) is 0 Å². The molecule has 0 unspecified atom stereocenters. The Morgan fingerprint density at radius 2 is 2.11 bits per heavy atom. The number of thioether (sulfide) groups is 1. The summed E-state index contributed by atoms with van der Waals surface area (Å²) >= 11 is 1.74. The number of rotatable bonds is 6. The Morgan fingerprint density at radius 1 is 1.42 bits per heavy atom. The molecule has 0 atom stereocenters. The minimum absolute atomic E-state index is 0.0272. The Balaban J connectivity index is 2.80. The minimum Gasteiger partial charge on any atom is -0.356 e. The molecule has 0 aliphatic rings. The van der Waals surface area contributed by atoms with E-state index < -0.39 is 0 Å². The first kappa shape index (κ1) is 16.2. The van der Waals surface area contributed by atoms with Gasteiger partial charge in [-0.3, -0.25) is 0 Å². The van der Waals surface area contributed by atoms with E-state index in [1.54, 1.807) is 24.0 Å². The normalized spacial score (nSPS) is 11.7. The Hall–Kier alpha value is -0.810. The quantitative estimate of drug-likeness (QED) is 0.870. The fraction of sp³-hybridized carbons (Fsp3) is 0.643. The molecule has 0 aromatic carbocycles. The molecule has 0 radical (unpaired) electrons.